The van der Waals surface area contributed by atoms with Crippen molar-refractivity contribution in [1.82, 2.24) is 34.7 Å². The minimum Gasteiger partial charge on any atom is -0.469 e. The Morgan fingerprint density at radius 1 is 0.818 bits per heavy atom. The summed E-state index contributed by atoms with van der Waals surface area (Å²) < 4.78 is 4.93. The van der Waals surface area contributed by atoms with Crippen LogP contribution in [-0.2, 0) is 25.5 Å². The van der Waals surface area contributed by atoms with Crippen molar-refractivity contribution in [3.63, 3.8) is 0 Å². The highest BCUT2D eigenvalue weighted by Gasteiger charge is 2.37. The molecule has 8 rings (SSSR count). The number of nitrogens with zero attached hydrogens (tertiary/aromatic N) is 7. The molecule has 12 heteroatoms. The van der Waals surface area contributed by atoms with Crippen LogP contribution in [-0.4, -0.2) is 84.5 Å². The second-order valence-corrected chi connectivity index (χ2v) is 14.2. The lowest BCUT2D eigenvalue weighted by Gasteiger charge is -2.28. The summed E-state index contributed by atoms with van der Waals surface area (Å²) in [6.07, 6.45) is 15.3. The number of aliphatic imine (C=N–C) groups is 1. The van der Waals surface area contributed by atoms with Gasteiger partial charge in [-0.15, -0.1) is 0 Å². The Bertz CT molecular complexity index is 2220. The van der Waals surface area contributed by atoms with Gasteiger partial charge in [0, 0.05) is 67.3 Å². The summed E-state index contributed by atoms with van der Waals surface area (Å²) in [6.45, 7) is 1.34. The third-order valence-electron chi connectivity index (χ3n) is 10.8. The number of ether oxygens (including phenoxy) is 1. The summed E-state index contributed by atoms with van der Waals surface area (Å²) in [5.74, 6) is 0.294. The van der Waals surface area contributed by atoms with E-state index in [0.29, 0.717) is 25.2 Å². The van der Waals surface area contributed by atoms with Crippen molar-refractivity contribution in [1.29, 1.82) is 0 Å². The Labute approximate surface area is 319 Å². The molecule has 6 heterocycles. The molecule has 0 bridgehead atoms. The molecule has 3 aliphatic rings. The molecule has 0 aliphatic carbocycles. The van der Waals surface area contributed by atoms with E-state index >= 15 is 0 Å². The second-order valence-electron chi connectivity index (χ2n) is 14.2. The number of methoxy groups -OCH3 is 1. The highest BCUT2D eigenvalue weighted by molar-refractivity contribution is 6.03. The number of benzene rings is 2. The molecule has 2 saturated heterocycles. The van der Waals surface area contributed by atoms with Crippen LogP contribution >= 0.6 is 0 Å². The number of aromatic nitrogens is 5. The predicted octanol–water partition coefficient (Wildman–Crippen LogP) is 6.36. The molecule has 1 N–H and O–H groups in total. The molecule has 3 aliphatic heterocycles. The van der Waals surface area contributed by atoms with Gasteiger partial charge in [0.2, 0.25) is 11.8 Å². The molecule has 3 aromatic heterocycles. The van der Waals surface area contributed by atoms with Crippen molar-refractivity contribution in [2.24, 2.45) is 4.99 Å². The number of hydrogen-bond acceptors (Lipinski definition) is 9. The summed E-state index contributed by atoms with van der Waals surface area (Å²) in [5, 5.41) is 0. The quantitative estimate of drug-likeness (QED) is 0.154. The summed E-state index contributed by atoms with van der Waals surface area (Å²) in [6, 6.07) is 21.0. The van der Waals surface area contributed by atoms with Crippen LogP contribution in [0.3, 0.4) is 0 Å². The standard InChI is InChI=1S/C43H42N8O4/c1-55-40(53)22-34(29-9-3-2-4-10-29)43(54)51-19-7-12-38(51)42-48-27-36(49-42)30-13-15-31(16-14-30)41-46-25-33(26-47-41)32-21-35(45-24-32)37-11-6-18-50(37)39(52)20-28-8-5-17-44-23-28/h2-5,8-10,13-17,23-27,34,37-38H,6-7,11-12,18-22H2,1H3,(H,48,49)/t34-,37+,38+/m1/s1. The first-order valence-corrected chi connectivity index (χ1v) is 18.8. The number of pyridine rings is 1. The minimum atomic E-state index is -0.628. The zero-order chi connectivity index (χ0) is 37.7. The fourth-order valence-corrected chi connectivity index (χ4v) is 7.91. The van der Waals surface area contributed by atoms with Gasteiger partial charge in [-0.2, -0.15) is 0 Å². The highest BCUT2D eigenvalue weighted by atomic mass is 16.5. The van der Waals surface area contributed by atoms with Gasteiger partial charge in [0.15, 0.2) is 5.82 Å². The third-order valence-corrected chi connectivity index (χ3v) is 10.8. The zero-order valence-corrected chi connectivity index (χ0v) is 30.7. The summed E-state index contributed by atoms with van der Waals surface area (Å²) in [4.78, 5) is 69.6. The number of carbonyl (C=O) groups is 3. The number of aromatic amines is 1. The minimum absolute atomic E-state index is 0.00667. The lowest BCUT2D eigenvalue weighted by atomic mass is 9.94. The van der Waals surface area contributed by atoms with Crippen LogP contribution in [0.5, 0.6) is 0 Å². The van der Waals surface area contributed by atoms with Gasteiger partial charge in [-0.05, 0) is 54.0 Å². The highest BCUT2D eigenvalue weighted by Crippen LogP contribution is 2.36. The SMILES string of the molecule is COC(=O)C[C@@H](C(=O)N1CCC[C@H]1c1ncc(-c2ccc(-c3ncc(C4=CN=C([C@@H]5CCCN5C(=O)Cc5cccnc5)C4)cn3)cc2)[nH]1)c1ccccc1. The van der Waals surface area contributed by atoms with Gasteiger partial charge in [-0.25, -0.2) is 15.0 Å². The molecule has 55 heavy (non-hydrogen) atoms. The maximum absolute atomic E-state index is 13.9. The number of nitrogens with one attached hydrogen (secondary N) is 1. The lowest BCUT2D eigenvalue weighted by Crippen LogP contribution is -2.41. The van der Waals surface area contributed by atoms with Gasteiger partial charge in [0.25, 0.3) is 0 Å². The van der Waals surface area contributed by atoms with Crippen LogP contribution in [0.1, 0.15) is 73.0 Å². The molecule has 278 valence electrons. The smallest absolute Gasteiger partial charge is 0.306 e. The normalized spacial score (nSPS) is 18.6. The van der Waals surface area contributed by atoms with E-state index in [-0.39, 0.29) is 30.3 Å². The van der Waals surface area contributed by atoms with Gasteiger partial charge in [-0.1, -0.05) is 60.7 Å². The number of likely N-dealkylation sites (tertiary alicyclic amines) is 2. The lowest BCUT2D eigenvalue weighted by molar-refractivity contribution is -0.145. The number of imidazole rings is 1. The molecule has 0 saturated carbocycles. The Morgan fingerprint density at radius 3 is 2.31 bits per heavy atom. The van der Waals surface area contributed by atoms with Crippen LogP contribution in [0.15, 0.2) is 109 Å². The van der Waals surface area contributed by atoms with Crippen molar-refractivity contribution in [3.05, 3.63) is 126 Å². The van der Waals surface area contributed by atoms with Crippen molar-refractivity contribution in [2.45, 2.75) is 62.9 Å². The van der Waals surface area contributed by atoms with E-state index < -0.39 is 11.9 Å². The molecule has 0 radical (unpaired) electrons. The van der Waals surface area contributed by atoms with Gasteiger partial charge >= 0.3 is 5.97 Å². The maximum atomic E-state index is 13.9. The average Bonchev–Trinajstić information content (AvgIpc) is 4.08. The average molecular weight is 735 g/mol. The first-order chi connectivity index (χ1) is 26.9. The molecule has 12 nitrogen and oxygen atoms in total. The van der Waals surface area contributed by atoms with Crippen LogP contribution < -0.4 is 0 Å². The topological polar surface area (TPSA) is 147 Å². The first kappa shape index (κ1) is 35.7. The van der Waals surface area contributed by atoms with E-state index in [9.17, 15) is 14.4 Å². The number of rotatable bonds is 11. The summed E-state index contributed by atoms with van der Waals surface area (Å²) in [7, 11) is 1.34. The van der Waals surface area contributed by atoms with Gasteiger partial charge in [0.05, 0.1) is 49.8 Å². The molecular formula is C43H42N8O4. The van der Waals surface area contributed by atoms with E-state index in [1.807, 2.05) is 95.1 Å². The number of esters is 1. The van der Waals surface area contributed by atoms with E-state index in [2.05, 4.69) is 19.9 Å². The third kappa shape index (κ3) is 7.71. The monoisotopic (exact) mass is 734 g/mol. The van der Waals surface area contributed by atoms with Crippen molar-refractivity contribution in [3.8, 4) is 22.6 Å². The summed E-state index contributed by atoms with van der Waals surface area (Å²) in [5.41, 5.74) is 7.34. The largest absolute Gasteiger partial charge is 0.469 e. The molecule has 2 fully saturated rings. The van der Waals surface area contributed by atoms with Crippen LogP contribution in [0.25, 0.3) is 28.2 Å². The Balaban J connectivity index is 0.895. The molecule has 2 amide bonds. The molecule has 0 unspecified atom stereocenters. The maximum Gasteiger partial charge on any atom is 0.306 e. The van der Waals surface area contributed by atoms with Gasteiger partial charge in [0.1, 0.15) is 5.82 Å². The Morgan fingerprint density at radius 2 is 1.56 bits per heavy atom. The fraction of sp³-hybridized carbons (Fsp3) is 0.302. The first-order valence-electron chi connectivity index (χ1n) is 18.8. The number of allylic oxidation sites excluding steroid dienone is 1. The van der Waals surface area contributed by atoms with Gasteiger partial charge < -0.3 is 19.5 Å². The molecular weight excluding hydrogens is 693 g/mol. The van der Waals surface area contributed by atoms with Gasteiger partial charge in [-0.3, -0.25) is 24.4 Å². The van der Waals surface area contributed by atoms with E-state index in [1.165, 1.54) is 7.11 Å². The van der Waals surface area contributed by atoms with Crippen LogP contribution in [0, 0.1) is 0 Å². The van der Waals surface area contributed by atoms with E-state index in [0.717, 1.165) is 82.8 Å². The summed E-state index contributed by atoms with van der Waals surface area (Å²) >= 11 is 0. The number of H-pyrrole nitrogens is 1. The molecule has 2 aromatic carbocycles. The molecule has 5 aromatic rings. The van der Waals surface area contributed by atoms with Crippen molar-refractivity contribution in [2.75, 3.05) is 20.2 Å². The number of hydrogen-bond donors (Lipinski definition) is 1. The second kappa shape index (κ2) is 16.0. The fourth-order valence-electron chi connectivity index (χ4n) is 7.91. The van der Waals surface area contributed by atoms with Crippen molar-refractivity contribution >= 4 is 29.1 Å². The van der Waals surface area contributed by atoms with Crippen LogP contribution in [0.2, 0.25) is 0 Å². The number of amides is 2. The van der Waals surface area contributed by atoms with E-state index in [1.54, 1.807) is 18.6 Å². The Hall–Kier alpha value is -6.30. The molecule has 3 atom stereocenters. The predicted molar refractivity (Wildman–Crippen MR) is 207 cm³/mol. The number of carbonyl (C=O) groups excluding carboxylic acids is 3. The molecule has 0 spiro atoms. The van der Waals surface area contributed by atoms with E-state index in [4.69, 9.17) is 14.7 Å². The zero-order valence-electron chi connectivity index (χ0n) is 30.7. The Kier molecular flexibility index (Phi) is 10.4. The van der Waals surface area contributed by atoms with Crippen LogP contribution in [0.4, 0.5) is 0 Å². The van der Waals surface area contributed by atoms with Crippen molar-refractivity contribution < 1.29 is 19.1 Å².